The number of hydrogen-bond donors (Lipinski definition) is 0. The summed E-state index contributed by atoms with van der Waals surface area (Å²) >= 11 is 7.98. The molecule has 6 nitrogen and oxygen atoms in total. The summed E-state index contributed by atoms with van der Waals surface area (Å²) in [7, 11) is 1.53. The van der Waals surface area contributed by atoms with Gasteiger partial charge in [-0.15, -0.1) is 0 Å². The van der Waals surface area contributed by atoms with Crippen LogP contribution in [0.15, 0.2) is 82.7 Å². The lowest BCUT2D eigenvalue weighted by atomic mass is 10.1. The molecule has 0 saturated carbocycles. The third-order valence-electron chi connectivity index (χ3n) is 5.76. The lowest BCUT2D eigenvalue weighted by molar-refractivity contribution is 0.102. The Hall–Kier alpha value is -3.60. The summed E-state index contributed by atoms with van der Waals surface area (Å²) in [6.45, 7) is 1.97. The SMILES string of the molecule is COc1ccccc1-n1c(SCC(=O)c2ccc(F)cc2)nc2c(sc(=S)n2-c2ccccc2C)c1=O. The van der Waals surface area contributed by atoms with Crippen molar-refractivity contribution in [3.8, 4) is 17.1 Å². The van der Waals surface area contributed by atoms with Crippen molar-refractivity contribution in [3.05, 3.63) is 104 Å². The molecule has 2 aromatic heterocycles. The number of rotatable bonds is 7. The van der Waals surface area contributed by atoms with E-state index in [0.29, 0.717) is 36.5 Å². The minimum Gasteiger partial charge on any atom is -0.495 e. The first-order chi connectivity index (χ1) is 17.9. The number of para-hydroxylation sites is 3. The van der Waals surface area contributed by atoms with E-state index in [1.54, 1.807) is 22.8 Å². The number of thioether (sulfide) groups is 1. The molecule has 3 aromatic carbocycles. The summed E-state index contributed by atoms with van der Waals surface area (Å²) in [5.74, 6) is -0.154. The number of hydrogen-bond acceptors (Lipinski definition) is 7. The quantitative estimate of drug-likeness (QED) is 0.101. The van der Waals surface area contributed by atoms with Gasteiger partial charge in [0, 0.05) is 5.56 Å². The number of fused-ring (bicyclic) bond motifs is 1. The Morgan fingerprint density at radius 1 is 1.03 bits per heavy atom. The van der Waals surface area contributed by atoms with Gasteiger partial charge in [0.05, 0.1) is 24.2 Å². The second kappa shape index (κ2) is 10.4. The van der Waals surface area contributed by atoms with Crippen LogP contribution in [-0.4, -0.2) is 32.8 Å². The van der Waals surface area contributed by atoms with Crippen molar-refractivity contribution >= 4 is 51.4 Å². The van der Waals surface area contributed by atoms with Crippen molar-refractivity contribution in [2.75, 3.05) is 12.9 Å². The number of thiazole rings is 1. The number of ether oxygens (including phenoxy) is 1. The highest BCUT2D eigenvalue weighted by molar-refractivity contribution is 7.99. The maximum absolute atomic E-state index is 13.9. The summed E-state index contributed by atoms with van der Waals surface area (Å²) in [6.07, 6.45) is 0. The molecule has 5 aromatic rings. The fraction of sp³-hybridized carbons (Fsp3) is 0.111. The lowest BCUT2D eigenvalue weighted by Crippen LogP contribution is -2.22. The first kappa shape index (κ1) is 25.1. The van der Waals surface area contributed by atoms with Crippen LogP contribution in [0.1, 0.15) is 15.9 Å². The minimum absolute atomic E-state index is 0.00599. The van der Waals surface area contributed by atoms with Gasteiger partial charge in [-0.3, -0.25) is 18.7 Å². The predicted molar refractivity (Wildman–Crippen MR) is 148 cm³/mol. The maximum atomic E-state index is 13.9. The molecule has 2 heterocycles. The Morgan fingerprint density at radius 2 is 1.70 bits per heavy atom. The summed E-state index contributed by atoms with van der Waals surface area (Å²) in [5, 5.41) is 0.313. The normalized spacial score (nSPS) is 11.1. The molecule has 5 rings (SSSR count). The average Bonchev–Trinajstić information content (AvgIpc) is 3.24. The highest BCUT2D eigenvalue weighted by Crippen LogP contribution is 2.31. The monoisotopic (exact) mass is 549 g/mol. The van der Waals surface area contributed by atoms with E-state index in [-0.39, 0.29) is 17.1 Å². The number of carbonyl (C=O) groups is 1. The molecule has 0 amide bonds. The third-order valence-corrected chi connectivity index (χ3v) is 8.05. The fourth-order valence-corrected chi connectivity index (χ4v) is 6.12. The molecule has 0 aliphatic carbocycles. The van der Waals surface area contributed by atoms with E-state index in [1.807, 2.05) is 37.3 Å². The van der Waals surface area contributed by atoms with Crippen LogP contribution in [0, 0.1) is 16.7 Å². The van der Waals surface area contributed by atoms with Crippen molar-refractivity contribution in [1.82, 2.24) is 14.1 Å². The molecule has 0 fully saturated rings. The molecule has 0 radical (unpaired) electrons. The van der Waals surface area contributed by atoms with E-state index >= 15 is 0 Å². The molecule has 37 heavy (non-hydrogen) atoms. The zero-order valence-corrected chi connectivity index (χ0v) is 22.3. The van der Waals surface area contributed by atoms with Gasteiger partial charge >= 0.3 is 0 Å². The molecule has 0 bridgehead atoms. The highest BCUT2D eigenvalue weighted by Gasteiger charge is 2.22. The number of halogens is 1. The molecular weight excluding hydrogens is 530 g/mol. The van der Waals surface area contributed by atoms with Gasteiger partial charge in [-0.25, -0.2) is 9.37 Å². The number of Topliss-reactive ketones (excluding diaryl/α,β-unsaturated/α-hetero) is 1. The Labute approximate surface area is 225 Å². The fourth-order valence-electron chi connectivity index (χ4n) is 3.94. The molecule has 10 heteroatoms. The van der Waals surface area contributed by atoms with Gasteiger partial charge in [0.25, 0.3) is 5.56 Å². The Morgan fingerprint density at radius 3 is 2.41 bits per heavy atom. The van der Waals surface area contributed by atoms with E-state index in [0.717, 1.165) is 23.0 Å². The van der Waals surface area contributed by atoms with E-state index in [2.05, 4.69) is 0 Å². The minimum atomic E-state index is -0.417. The molecule has 186 valence electrons. The molecule has 0 atom stereocenters. The Balaban J connectivity index is 1.71. The standard InChI is InChI=1S/C27H20FN3O3S3/c1-16-7-3-4-8-19(16)30-24-23(37-27(30)35)25(33)31(20-9-5-6-10-22(20)34-2)26(29-24)36-15-21(32)17-11-13-18(28)14-12-17/h3-14H,15H2,1-2H3. The van der Waals surface area contributed by atoms with E-state index in [4.69, 9.17) is 21.9 Å². The summed E-state index contributed by atoms with van der Waals surface area (Å²) in [4.78, 5) is 31.7. The van der Waals surface area contributed by atoms with Crippen LogP contribution in [0.25, 0.3) is 21.7 Å². The Kier molecular flexibility index (Phi) is 7.05. The van der Waals surface area contributed by atoms with E-state index in [9.17, 15) is 14.0 Å². The van der Waals surface area contributed by atoms with Gasteiger partial charge < -0.3 is 4.74 Å². The lowest BCUT2D eigenvalue weighted by Gasteiger charge is -2.15. The Bertz CT molecular complexity index is 1760. The molecular formula is C27H20FN3O3S3. The van der Waals surface area contributed by atoms with Gasteiger partial charge in [-0.1, -0.05) is 53.4 Å². The van der Waals surface area contributed by atoms with Crippen LogP contribution >= 0.6 is 35.3 Å². The van der Waals surface area contributed by atoms with E-state index < -0.39 is 5.82 Å². The average molecular weight is 550 g/mol. The molecule has 0 aliphatic heterocycles. The van der Waals surface area contributed by atoms with Crippen LogP contribution in [0.3, 0.4) is 0 Å². The smallest absolute Gasteiger partial charge is 0.278 e. The second-order valence-electron chi connectivity index (χ2n) is 8.07. The first-order valence-corrected chi connectivity index (χ1v) is 13.4. The molecule has 0 aliphatic rings. The zero-order valence-electron chi connectivity index (χ0n) is 19.8. The zero-order chi connectivity index (χ0) is 26.1. The number of benzene rings is 3. The van der Waals surface area contributed by atoms with Gasteiger partial charge in [0.15, 0.2) is 20.5 Å². The summed E-state index contributed by atoms with van der Waals surface area (Å²) < 4.78 is 23.0. The van der Waals surface area contributed by atoms with Crippen molar-refractivity contribution < 1.29 is 13.9 Å². The maximum Gasteiger partial charge on any atom is 0.278 e. The van der Waals surface area contributed by atoms with Crippen LogP contribution in [0.2, 0.25) is 0 Å². The topological polar surface area (TPSA) is 66.1 Å². The van der Waals surface area contributed by atoms with Gasteiger partial charge in [-0.2, -0.15) is 0 Å². The van der Waals surface area contributed by atoms with E-state index in [1.165, 1.54) is 47.3 Å². The largest absolute Gasteiger partial charge is 0.495 e. The van der Waals surface area contributed by atoms with Crippen molar-refractivity contribution in [3.63, 3.8) is 0 Å². The summed E-state index contributed by atoms with van der Waals surface area (Å²) in [6, 6.07) is 20.2. The summed E-state index contributed by atoms with van der Waals surface area (Å²) in [5.41, 5.74) is 2.81. The number of nitrogens with zero attached hydrogens (tertiary/aromatic N) is 3. The second-order valence-corrected chi connectivity index (χ2v) is 10.7. The number of carbonyl (C=O) groups excluding carboxylic acids is 1. The number of aromatic nitrogens is 3. The van der Waals surface area contributed by atoms with Gasteiger partial charge in [-0.05, 0) is 67.2 Å². The van der Waals surface area contributed by atoms with Crippen LogP contribution in [0.4, 0.5) is 4.39 Å². The van der Waals surface area contributed by atoms with Crippen molar-refractivity contribution in [2.24, 2.45) is 0 Å². The number of aryl methyl sites for hydroxylation is 1. The predicted octanol–water partition coefficient (Wildman–Crippen LogP) is 6.40. The molecule has 0 spiro atoms. The van der Waals surface area contributed by atoms with Gasteiger partial charge in [0.2, 0.25) is 0 Å². The van der Waals surface area contributed by atoms with Crippen LogP contribution < -0.4 is 10.3 Å². The van der Waals surface area contributed by atoms with Crippen molar-refractivity contribution in [2.45, 2.75) is 12.1 Å². The molecule has 0 N–H and O–H groups in total. The molecule has 0 saturated heterocycles. The number of methoxy groups -OCH3 is 1. The first-order valence-electron chi connectivity index (χ1n) is 11.2. The highest BCUT2D eigenvalue weighted by atomic mass is 32.2. The third kappa shape index (κ3) is 4.75. The van der Waals surface area contributed by atoms with Gasteiger partial charge in [0.1, 0.15) is 16.3 Å². The number of ketones is 1. The van der Waals surface area contributed by atoms with Crippen LogP contribution in [-0.2, 0) is 0 Å². The van der Waals surface area contributed by atoms with Crippen LogP contribution in [0.5, 0.6) is 5.75 Å². The van der Waals surface area contributed by atoms with Crippen molar-refractivity contribution in [1.29, 1.82) is 0 Å². The molecule has 0 unspecified atom stereocenters.